The van der Waals surface area contributed by atoms with Crippen molar-refractivity contribution in [2.75, 3.05) is 26.2 Å². The van der Waals surface area contributed by atoms with Gasteiger partial charge in [0.25, 0.3) is 5.91 Å². The third kappa shape index (κ3) is 3.33. The van der Waals surface area contributed by atoms with Crippen molar-refractivity contribution in [1.29, 1.82) is 0 Å². The highest BCUT2D eigenvalue weighted by atomic mass is 16.3. The number of hydrogen-bond donors (Lipinski definition) is 1. The first-order valence-corrected chi connectivity index (χ1v) is 10.5. The standard InChI is InChI=1S/C23H27N5O2/c1-16(2)20-24-21(26-25-20)19-11-27(10-17-6-4-3-5-7-17)13-23(19)14-28(15-23)22(29)18-8-9-30-12-18/h3-9,12,16,19H,10-11,13-15H2,1-2H3,(H,24,25,26). The largest absolute Gasteiger partial charge is 0.472 e. The van der Waals surface area contributed by atoms with E-state index in [1.807, 2.05) is 11.0 Å². The molecule has 1 aromatic carbocycles. The first-order valence-electron chi connectivity index (χ1n) is 10.5. The van der Waals surface area contributed by atoms with Gasteiger partial charge in [-0.25, -0.2) is 4.98 Å². The number of aromatic nitrogens is 3. The number of rotatable bonds is 5. The molecule has 0 bridgehead atoms. The van der Waals surface area contributed by atoms with Gasteiger partial charge in [-0.2, -0.15) is 5.10 Å². The normalized spacial score (nSPS) is 20.8. The summed E-state index contributed by atoms with van der Waals surface area (Å²) in [6.45, 7) is 8.42. The van der Waals surface area contributed by atoms with Crippen molar-refractivity contribution in [3.63, 3.8) is 0 Å². The van der Waals surface area contributed by atoms with E-state index in [0.29, 0.717) is 5.56 Å². The lowest BCUT2D eigenvalue weighted by Crippen LogP contribution is -2.61. The molecule has 0 saturated carbocycles. The fourth-order valence-electron chi connectivity index (χ4n) is 4.86. The Morgan fingerprint density at radius 3 is 2.70 bits per heavy atom. The van der Waals surface area contributed by atoms with Crippen LogP contribution in [-0.4, -0.2) is 57.1 Å². The number of H-pyrrole nitrogens is 1. The highest BCUT2D eigenvalue weighted by Gasteiger charge is 2.56. The molecule has 2 saturated heterocycles. The van der Waals surface area contributed by atoms with Gasteiger partial charge in [-0.1, -0.05) is 44.2 Å². The zero-order chi connectivity index (χ0) is 20.7. The van der Waals surface area contributed by atoms with Crippen LogP contribution in [0.1, 0.15) is 53.3 Å². The van der Waals surface area contributed by atoms with Gasteiger partial charge in [0, 0.05) is 50.0 Å². The number of hydrogen-bond acceptors (Lipinski definition) is 5. The molecule has 156 valence electrons. The summed E-state index contributed by atoms with van der Waals surface area (Å²) < 4.78 is 5.09. The van der Waals surface area contributed by atoms with Crippen LogP contribution in [0.4, 0.5) is 0 Å². The summed E-state index contributed by atoms with van der Waals surface area (Å²) in [6.07, 6.45) is 3.07. The minimum Gasteiger partial charge on any atom is -0.472 e. The minimum atomic E-state index is 0.00194. The van der Waals surface area contributed by atoms with Gasteiger partial charge < -0.3 is 9.32 Å². The van der Waals surface area contributed by atoms with Gasteiger partial charge in [-0.3, -0.25) is 14.8 Å². The molecule has 7 nitrogen and oxygen atoms in total. The van der Waals surface area contributed by atoms with Crippen LogP contribution >= 0.6 is 0 Å². The Morgan fingerprint density at radius 1 is 1.23 bits per heavy atom. The number of benzene rings is 1. The van der Waals surface area contributed by atoms with Crippen molar-refractivity contribution < 1.29 is 9.21 Å². The van der Waals surface area contributed by atoms with Gasteiger partial charge in [-0.05, 0) is 11.6 Å². The molecule has 2 aromatic heterocycles. The predicted molar refractivity (Wildman–Crippen MR) is 112 cm³/mol. The molecule has 2 aliphatic heterocycles. The molecule has 30 heavy (non-hydrogen) atoms. The number of carbonyl (C=O) groups is 1. The average molecular weight is 406 g/mol. The van der Waals surface area contributed by atoms with Gasteiger partial charge in [0.15, 0.2) is 5.82 Å². The lowest BCUT2D eigenvalue weighted by molar-refractivity contribution is 0.00175. The summed E-state index contributed by atoms with van der Waals surface area (Å²) in [5, 5.41) is 7.64. The maximum Gasteiger partial charge on any atom is 0.257 e. The molecule has 1 amide bonds. The Bertz CT molecular complexity index is 1010. The highest BCUT2D eigenvalue weighted by Crippen LogP contribution is 2.49. The zero-order valence-electron chi connectivity index (χ0n) is 17.4. The fraction of sp³-hybridized carbons (Fsp3) is 0.435. The molecule has 2 aliphatic rings. The molecular weight excluding hydrogens is 378 g/mol. The SMILES string of the molecule is CC(C)c1n[nH]c(C2CN(Cc3ccccc3)CC23CN(C(=O)c2ccoc2)C3)n1. The topological polar surface area (TPSA) is 78.3 Å². The molecule has 1 atom stereocenters. The lowest BCUT2D eigenvalue weighted by Gasteiger charge is -2.50. The second-order valence-electron chi connectivity index (χ2n) is 8.98. The van der Waals surface area contributed by atoms with Gasteiger partial charge in [0.1, 0.15) is 12.1 Å². The Labute approximate surface area is 176 Å². The van der Waals surface area contributed by atoms with Crippen molar-refractivity contribution >= 4 is 5.91 Å². The second-order valence-corrected chi connectivity index (χ2v) is 8.98. The van der Waals surface area contributed by atoms with E-state index < -0.39 is 0 Å². The maximum absolute atomic E-state index is 12.8. The maximum atomic E-state index is 12.8. The van der Waals surface area contributed by atoms with Crippen molar-refractivity contribution in [3.05, 3.63) is 71.7 Å². The first kappa shape index (κ1) is 19.1. The third-order valence-electron chi connectivity index (χ3n) is 6.40. The summed E-state index contributed by atoms with van der Waals surface area (Å²) in [5.41, 5.74) is 1.92. The number of nitrogens with one attached hydrogen (secondary N) is 1. The minimum absolute atomic E-state index is 0.00194. The zero-order valence-corrected chi connectivity index (χ0v) is 17.4. The average Bonchev–Trinajstić information content (AvgIpc) is 3.46. The molecule has 0 aliphatic carbocycles. The van der Waals surface area contributed by atoms with Crippen molar-refractivity contribution in [1.82, 2.24) is 25.0 Å². The van der Waals surface area contributed by atoms with Crippen LogP contribution in [0.3, 0.4) is 0 Å². The summed E-state index contributed by atoms with van der Waals surface area (Å²) in [6, 6.07) is 12.3. The molecule has 5 rings (SSSR count). The number of carbonyl (C=O) groups excluding carboxylic acids is 1. The quantitative estimate of drug-likeness (QED) is 0.705. The molecule has 4 heterocycles. The Kier molecular flexibility index (Phi) is 4.70. The Morgan fingerprint density at radius 2 is 2.03 bits per heavy atom. The van der Waals surface area contributed by atoms with E-state index in [2.05, 4.69) is 53.2 Å². The second kappa shape index (κ2) is 7.40. The Hall–Kier alpha value is -2.93. The molecule has 1 N–H and O–H groups in total. The van der Waals surface area contributed by atoms with E-state index >= 15 is 0 Å². The van der Waals surface area contributed by atoms with Crippen LogP contribution in [0.2, 0.25) is 0 Å². The fourth-order valence-corrected chi connectivity index (χ4v) is 4.86. The Balaban J connectivity index is 1.37. The molecule has 3 aromatic rings. The number of amides is 1. The van der Waals surface area contributed by atoms with E-state index in [1.54, 1.807) is 12.3 Å². The summed E-state index contributed by atoms with van der Waals surface area (Å²) in [5.74, 6) is 2.36. The molecule has 2 fully saturated rings. The first-order chi connectivity index (χ1) is 14.5. The highest BCUT2D eigenvalue weighted by molar-refractivity contribution is 5.94. The number of likely N-dealkylation sites (tertiary alicyclic amines) is 2. The smallest absolute Gasteiger partial charge is 0.257 e. The number of furan rings is 1. The molecular formula is C23H27N5O2. The van der Waals surface area contributed by atoms with Crippen molar-refractivity contribution in [3.8, 4) is 0 Å². The van der Waals surface area contributed by atoms with Crippen molar-refractivity contribution in [2.45, 2.75) is 32.2 Å². The van der Waals surface area contributed by atoms with E-state index in [1.165, 1.54) is 11.8 Å². The van der Waals surface area contributed by atoms with Crippen molar-refractivity contribution in [2.24, 2.45) is 5.41 Å². The molecule has 0 radical (unpaired) electrons. The van der Waals surface area contributed by atoms with Gasteiger partial charge in [0.2, 0.25) is 0 Å². The van der Waals surface area contributed by atoms with Gasteiger partial charge in [-0.15, -0.1) is 0 Å². The van der Waals surface area contributed by atoms with E-state index in [9.17, 15) is 4.79 Å². The van der Waals surface area contributed by atoms with E-state index in [0.717, 1.165) is 44.4 Å². The monoisotopic (exact) mass is 405 g/mol. The van der Waals surface area contributed by atoms with E-state index in [4.69, 9.17) is 9.40 Å². The predicted octanol–water partition coefficient (Wildman–Crippen LogP) is 3.26. The molecule has 1 unspecified atom stereocenters. The molecule has 1 spiro atoms. The van der Waals surface area contributed by atoms with Crippen LogP contribution < -0.4 is 0 Å². The lowest BCUT2D eigenvalue weighted by atomic mass is 9.71. The van der Waals surface area contributed by atoms with Crippen LogP contribution in [0.15, 0.2) is 53.3 Å². The summed E-state index contributed by atoms with van der Waals surface area (Å²) in [7, 11) is 0. The number of nitrogens with zero attached hydrogens (tertiary/aromatic N) is 4. The van der Waals surface area contributed by atoms with Crippen LogP contribution in [0.5, 0.6) is 0 Å². The van der Waals surface area contributed by atoms with Gasteiger partial charge >= 0.3 is 0 Å². The van der Waals surface area contributed by atoms with Crippen LogP contribution in [0, 0.1) is 5.41 Å². The number of aromatic amines is 1. The van der Waals surface area contributed by atoms with Crippen LogP contribution in [0.25, 0.3) is 0 Å². The third-order valence-corrected chi connectivity index (χ3v) is 6.40. The van der Waals surface area contributed by atoms with Crippen LogP contribution in [-0.2, 0) is 6.54 Å². The van der Waals surface area contributed by atoms with Gasteiger partial charge in [0.05, 0.1) is 11.8 Å². The summed E-state index contributed by atoms with van der Waals surface area (Å²) in [4.78, 5) is 22.0. The summed E-state index contributed by atoms with van der Waals surface area (Å²) >= 11 is 0. The van der Waals surface area contributed by atoms with E-state index in [-0.39, 0.29) is 23.2 Å². The molecule has 7 heteroatoms.